The van der Waals surface area contributed by atoms with Crippen LogP contribution in [0.15, 0.2) is 0 Å². The minimum absolute atomic E-state index is 0.266. The quantitative estimate of drug-likeness (QED) is 0.667. The minimum atomic E-state index is 0.266. The maximum absolute atomic E-state index is 11.7. The second-order valence-corrected chi connectivity index (χ2v) is 4.44. The lowest BCUT2D eigenvalue weighted by molar-refractivity contribution is -0.131. The normalized spacial score (nSPS) is 27.3. The number of hydrogen-bond donors (Lipinski definition) is 0. The summed E-state index contributed by atoms with van der Waals surface area (Å²) >= 11 is 0. The van der Waals surface area contributed by atoms with Crippen molar-refractivity contribution in [3.8, 4) is 0 Å². The van der Waals surface area contributed by atoms with Crippen LogP contribution in [-0.2, 0) is 9.59 Å². The number of carbonyl (C=O) groups is 2. The molecule has 2 rings (SSSR count). The van der Waals surface area contributed by atoms with Crippen LogP contribution in [0.25, 0.3) is 0 Å². The molecule has 1 unspecified atom stereocenters. The van der Waals surface area contributed by atoms with Crippen LogP contribution in [0.3, 0.4) is 0 Å². The third-order valence-corrected chi connectivity index (χ3v) is 3.27. The number of nitrogens with zero attached hydrogens (tertiary/aromatic N) is 1. The highest BCUT2D eigenvalue weighted by molar-refractivity contribution is 5.83. The van der Waals surface area contributed by atoms with Crippen molar-refractivity contribution >= 4 is 11.7 Å². The smallest absolute Gasteiger partial charge is 0.222 e. The first-order valence-corrected chi connectivity index (χ1v) is 5.55. The molecule has 1 amide bonds. The molecular weight excluding hydrogens is 178 g/mol. The molecule has 0 radical (unpaired) electrons. The fourth-order valence-electron chi connectivity index (χ4n) is 2.41. The van der Waals surface area contributed by atoms with Crippen molar-refractivity contribution in [2.45, 2.75) is 38.5 Å². The number of ketones is 1. The molecule has 0 aromatic rings. The largest absolute Gasteiger partial charge is 0.343 e. The molecule has 1 aliphatic heterocycles. The summed E-state index contributed by atoms with van der Waals surface area (Å²) in [5, 5.41) is 0. The molecule has 0 spiro atoms. The van der Waals surface area contributed by atoms with Crippen molar-refractivity contribution in [2.75, 3.05) is 13.1 Å². The molecule has 3 nitrogen and oxygen atoms in total. The Labute approximate surface area is 84.5 Å². The molecule has 2 fully saturated rings. The first kappa shape index (κ1) is 9.69. The molecule has 0 aromatic carbocycles. The molecular formula is C11H17NO2. The van der Waals surface area contributed by atoms with Crippen molar-refractivity contribution in [3.05, 3.63) is 0 Å². The third-order valence-electron chi connectivity index (χ3n) is 3.27. The predicted octanol–water partition coefficient (Wildman–Crippen LogP) is 1.37. The highest BCUT2D eigenvalue weighted by Crippen LogP contribution is 2.26. The van der Waals surface area contributed by atoms with Crippen molar-refractivity contribution < 1.29 is 9.59 Å². The van der Waals surface area contributed by atoms with E-state index in [1.54, 1.807) is 0 Å². The summed E-state index contributed by atoms with van der Waals surface area (Å²) in [6.45, 7) is 1.86. The number of Topliss-reactive ketones (excluding diaryl/α,β-unsaturated/α-hetero) is 1. The molecule has 1 heterocycles. The highest BCUT2D eigenvalue weighted by atomic mass is 16.2. The van der Waals surface area contributed by atoms with E-state index in [-0.39, 0.29) is 5.91 Å². The van der Waals surface area contributed by atoms with Crippen LogP contribution in [0.2, 0.25) is 0 Å². The van der Waals surface area contributed by atoms with E-state index >= 15 is 0 Å². The summed E-state index contributed by atoms with van der Waals surface area (Å²) < 4.78 is 0. The SMILES string of the molecule is O=C1CCC(CC(=O)N2CCCC2)C1. The zero-order chi connectivity index (χ0) is 9.97. The van der Waals surface area contributed by atoms with Crippen LogP contribution in [0.5, 0.6) is 0 Å². The van der Waals surface area contributed by atoms with Gasteiger partial charge in [-0.1, -0.05) is 0 Å². The fraction of sp³-hybridized carbons (Fsp3) is 0.818. The zero-order valence-electron chi connectivity index (χ0n) is 8.50. The average molecular weight is 195 g/mol. The Bertz CT molecular complexity index is 244. The van der Waals surface area contributed by atoms with Crippen LogP contribution in [0.1, 0.15) is 38.5 Å². The topological polar surface area (TPSA) is 37.4 Å². The Hall–Kier alpha value is -0.860. The van der Waals surface area contributed by atoms with Gasteiger partial charge in [0.2, 0.25) is 5.91 Å². The summed E-state index contributed by atoms with van der Waals surface area (Å²) in [5.74, 6) is 0.946. The Morgan fingerprint density at radius 2 is 2.07 bits per heavy atom. The van der Waals surface area contributed by atoms with Crippen LogP contribution < -0.4 is 0 Å². The van der Waals surface area contributed by atoms with E-state index in [4.69, 9.17) is 0 Å². The lowest BCUT2D eigenvalue weighted by Gasteiger charge is -2.17. The van der Waals surface area contributed by atoms with Gasteiger partial charge in [0, 0.05) is 32.4 Å². The predicted molar refractivity (Wildman–Crippen MR) is 52.8 cm³/mol. The van der Waals surface area contributed by atoms with E-state index < -0.39 is 0 Å². The number of hydrogen-bond acceptors (Lipinski definition) is 2. The Balaban J connectivity index is 1.79. The van der Waals surface area contributed by atoms with Crippen molar-refractivity contribution in [2.24, 2.45) is 5.92 Å². The summed E-state index contributed by atoms with van der Waals surface area (Å²) in [4.78, 5) is 24.7. The van der Waals surface area contributed by atoms with Crippen LogP contribution >= 0.6 is 0 Å². The molecule has 1 saturated carbocycles. The third kappa shape index (κ3) is 2.14. The standard InChI is InChI=1S/C11H17NO2/c13-10-4-3-9(7-10)8-11(14)12-5-1-2-6-12/h9H,1-8H2. The van der Waals surface area contributed by atoms with E-state index in [0.717, 1.165) is 32.4 Å². The first-order valence-electron chi connectivity index (χ1n) is 5.55. The lowest BCUT2D eigenvalue weighted by atomic mass is 10.0. The molecule has 2 aliphatic rings. The maximum atomic E-state index is 11.7. The van der Waals surface area contributed by atoms with Gasteiger partial charge in [-0.3, -0.25) is 9.59 Å². The molecule has 14 heavy (non-hydrogen) atoms. The second kappa shape index (κ2) is 4.11. The van der Waals surface area contributed by atoms with E-state index in [1.807, 2.05) is 4.90 Å². The number of carbonyl (C=O) groups excluding carboxylic acids is 2. The molecule has 1 saturated heterocycles. The number of amides is 1. The van der Waals surface area contributed by atoms with Crippen molar-refractivity contribution in [1.29, 1.82) is 0 Å². The van der Waals surface area contributed by atoms with Gasteiger partial charge in [-0.05, 0) is 25.2 Å². The first-order chi connectivity index (χ1) is 6.75. The molecule has 0 bridgehead atoms. The van der Waals surface area contributed by atoms with Gasteiger partial charge in [-0.25, -0.2) is 0 Å². The minimum Gasteiger partial charge on any atom is -0.343 e. The van der Waals surface area contributed by atoms with Gasteiger partial charge >= 0.3 is 0 Å². The number of likely N-dealkylation sites (tertiary alicyclic amines) is 1. The number of rotatable bonds is 2. The second-order valence-electron chi connectivity index (χ2n) is 4.44. The summed E-state index contributed by atoms with van der Waals surface area (Å²) in [5.41, 5.74) is 0. The zero-order valence-corrected chi connectivity index (χ0v) is 8.50. The molecule has 0 N–H and O–H groups in total. The van der Waals surface area contributed by atoms with Gasteiger partial charge in [0.1, 0.15) is 5.78 Å². The highest BCUT2D eigenvalue weighted by Gasteiger charge is 2.27. The van der Waals surface area contributed by atoms with Crippen molar-refractivity contribution in [3.63, 3.8) is 0 Å². The summed E-state index contributed by atoms with van der Waals surface area (Å²) in [6, 6.07) is 0. The maximum Gasteiger partial charge on any atom is 0.222 e. The van der Waals surface area contributed by atoms with Crippen molar-refractivity contribution in [1.82, 2.24) is 4.90 Å². The van der Waals surface area contributed by atoms with E-state index in [2.05, 4.69) is 0 Å². The summed E-state index contributed by atoms with van der Waals surface area (Å²) in [6.07, 6.45) is 5.16. The van der Waals surface area contributed by atoms with E-state index in [9.17, 15) is 9.59 Å². The molecule has 78 valence electrons. The molecule has 1 aliphatic carbocycles. The van der Waals surface area contributed by atoms with Crippen LogP contribution in [-0.4, -0.2) is 29.7 Å². The lowest BCUT2D eigenvalue weighted by Crippen LogP contribution is -2.28. The van der Waals surface area contributed by atoms with Gasteiger partial charge in [0.15, 0.2) is 0 Å². The van der Waals surface area contributed by atoms with Crippen LogP contribution in [0, 0.1) is 5.92 Å². The van der Waals surface area contributed by atoms with Gasteiger partial charge in [0.25, 0.3) is 0 Å². The molecule has 1 atom stereocenters. The van der Waals surface area contributed by atoms with E-state index in [1.165, 1.54) is 0 Å². The average Bonchev–Trinajstić information content (AvgIpc) is 2.75. The van der Waals surface area contributed by atoms with Gasteiger partial charge in [-0.2, -0.15) is 0 Å². The Kier molecular flexibility index (Phi) is 2.85. The van der Waals surface area contributed by atoms with Gasteiger partial charge < -0.3 is 4.90 Å². The van der Waals surface area contributed by atoms with Crippen LogP contribution in [0.4, 0.5) is 0 Å². The summed E-state index contributed by atoms with van der Waals surface area (Å²) in [7, 11) is 0. The Morgan fingerprint density at radius 1 is 1.36 bits per heavy atom. The monoisotopic (exact) mass is 195 g/mol. The van der Waals surface area contributed by atoms with E-state index in [0.29, 0.717) is 31.0 Å². The molecule has 3 heteroatoms. The molecule has 0 aromatic heterocycles. The van der Waals surface area contributed by atoms with Gasteiger partial charge in [0.05, 0.1) is 0 Å². The van der Waals surface area contributed by atoms with Gasteiger partial charge in [-0.15, -0.1) is 0 Å². The Morgan fingerprint density at radius 3 is 2.64 bits per heavy atom. The fourth-order valence-corrected chi connectivity index (χ4v) is 2.41.